The first-order valence-corrected chi connectivity index (χ1v) is 6.79. The summed E-state index contributed by atoms with van der Waals surface area (Å²) in [5.74, 6) is 0. The van der Waals surface area contributed by atoms with E-state index in [1.54, 1.807) is 17.7 Å². The molecule has 17 heavy (non-hydrogen) atoms. The predicted octanol–water partition coefficient (Wildman–Crippen LogP) is 1.25. The van der Waals surface area contributed by atoms with Gasteiger partial charge in [-0.05, 0) is 35.0 Å². The minimum atomic E-state index is -4.00. The number of aromatic nitrogens is 1. The molecule has 0 aromatic carbocycles. The molecule has 0 radical (unpaired) electrons. The molecule has 2 N–H and O–H groups in total. The van der Waals surface area contributed by atoms with E-state index in [0.717, 1.165) is 0 Å². The number of carbonyl (C=O) groups excluding carboxylic acids is 1. The van der Waals surface area contributed by atoms with Crippen LogP contribution in [0, 0.1) is 0 Å². The van der Waals surface area contributed by atoms with Gasteiger partial charge in [0.05, 0.1) is 18.5 Å². The van der Waals surface area contributed by atoms with Gasteiger partial charge in [-0.2, -0.15) is 8.42 Å². The molecule has 0 unspecified atom stereocenters. The van der Waals surface area contributed by atoms with Crippen molar-refractivity contribution < 1.29 is 17.9 Å². The third-order valence-corrected chi connectivity index (χ3v) is 2.88. The molecule has 1 aromatic heterocycles. The Hall–Kier alpha value is -1.35. The Labute approximate surface area is 107 Å². The molecule has 0 fully saturated rings. The van der Waals surface area contributed by atoms with Crippen molar-refractivity contribution in [2.24, 2.45) is 0 Å². The summed E-state index contributed by atoms with van der Waals surface area (Å²) in [4.78, 5) is 14.8. The van der Waals surface area contributed by atoms with Crippen LogP contribution < -0.4 is 9.44 Å². The zero-order valence-corrected chi connectivity index (χ0v) is 11.2. The molecule has 7 nitrogen and oxygen atoms in total. The van der Waals surface area contributed by atoms with Crippen molar-refractivity contribution in [1.29, 1.82) is 0 Å². The van der Waals surface area contributed by atoms with Gasteiger partial charge in [-0.15, -0.1) is 0 Å². The van der Waals surface area contributed by atoms with Gasteiger partial charge in [0.2, 0.25) is 0 Å². The lowest BCUT2D eigenvalue weighted by molar-refractivity contribution is 0.159. The highest BCUT2D eigenvalue weighted by Crippen LogP contribution is 2.11. The average molecular weight is 324 g/mol. The van der Waals surface area contributed by atoms with Crippen LogP contribution >= 0.6 is 15.9 Å². The Kier molecular flexibility index (Phi) is 4.70. The monoisotopic (exact) mass is 323 g/mol. The molecular weight excluding hydrogens is 314 g/mol. The molecule has 0 spiro atoms. The highest BCUT2D eigenvalue weighted by atomic mass is 79.9. The molecule has 9 heteroatoms. The lowest BCUT2D eigenvalue weighted by Gasteiger charge is -2.08. The maximum absolute atomic E-state index is 11.4. The van der Waals surface area contributed by atoms with Gasteiger partial charge in [0.1, 0.15) is 4.60 Å². The Morgan fingerprint density at radius 1 is 1.53 bits per heavy atom. The molecule has 0 aliphatic carbocycles. The van der Waals surface area contributed by atoms with Gasteiger partial charge in [0.25, 0.3) is 0 Å². The van der Waals surface area contributed by atoms with E-state index in [0.29, 0.717) is 4.60 Å². The van der Waals surface area contributed by atoms with Crippen LogP contribution in [0.25, 0.3) is 0 Å². The number of nitrogens with one attached hydrogen (secondary N) is 2. The van der Waals surface area contributed by atoms with Crippen LogP contribution in [0.4, 0.5) is 10.5 Å². The first-order valence-electron chi connectivity index (χ1n) is 4.52. The van der Waals surface area contributed by atoms with E-state index in [-0.39, 0.29) is 12.3 Å². The van der Waals surface area contributed by atoms with E-state index < -0.39 is 16.3 Å². The number of anilines is 1. The summed E-state index contributed by atoms with van der Waals surface area (Å²) in [6.07, 6.45) is 0.263. The van der Waals surface area contributed by atoms with Crippen molar-refractivity contribution in [1.82, 2.24) is 9.71 Å². The minimum absolute atomic E-state index is 0.0845. The maximum Gasteiger partial charge on any atom is 0.422 e. The van der Waals surface area contributed by atoms with Crippen LogP contribution in [0.1, 0.15) is 6.92 Å². The molecule has 0 atom stereocenters. The number of halogens is 1. The normalized spacial score (nSPS) is 10.7. The van der Waals surface area contributed by atoms with Crippen molar-refractivity contribution in [3.8, 4) is 0 Å². The van der Waals surface area contributed by atoms with Gasteiger partial charge in [0, 0.05) is 0 Å². The summed E-state index contributed by atoms with van der Waals surface area (Å²) in [7, 11) is -4.00. The molecule has 1 rings (SSSR count). The van der Waals surface area contributed by atoms with Gasteiger partial charge >= 0.3 is 16.3 Å². The Balaban J connectivity index is 2.66. The first-order chi connectivity index (χ1) is 7.93. The second kappa shape index (κ2) is 5.82. The van der Waals surface area contributed by atoms with Crippen LogP contribution in [0.2, 0.25) is 0 Å². The van der Waals surface area contributed by atoms with Crippen molar-refractivity contribution >= 4 is 37.9 Å². The summed E-state index contributed by atoms with van der Waals surface area (Å²) in [5.41, 5.74) is 0.227. The fourth-order valence-electron chi connectivity index (χ4n) is 0.887. The van der Waals surface area contributed by atoms with E-state index >= 15 is 0 Å². The molecule has 0 aliphatic heterocycles. The lowest BCUT2D eigenvalue weighted by atomic mass is 10.4. The smallest absolute Gasteiger partial charge is 0.422 e. The third kappa shape index (κ3) is 5.00. The lowest BCUT2D eigenvalue weighted by Crippen LogP contribution is -2.35. The molecule has 1 amide bonds. The van der Waals surface area contributed by atoms with Crippen LogP contribution in [0.3, 0.4) is 0 Å². The summed E-state index contributed by atoms with van der Waals surface area (Å²) in [5, 5.41) is 0. The molecule has 1 aromatic rings. The zero-order valence-electron chi connectivity index (χ0n) is 8.81. The number of carbonyl (C=O) groups is 1. The largest absolute Gasteiger partial charge is 0.449 e. The number of hydrogen-bond donors (Lipinski definition) is 2. The molecular formula is C8H10BrN3O4S. The Morgan fingerprint density at radius 2 is 2.24 bits per heavy atom. The number of amides is 1. The SMILES string of the molecule is CCOC(=O)NS(=O)(=O)Nc1ccc(Br)nc1. The molecule has 0 saturated heterocycles. The molecule has 0 saturated carbocycles. The topological polar surface area (TPSA) is 97.4 Å². The Bertz CT molecular complexity index is 488. The number of pyridine rings is 1. The van der Waals surface area contributed by atoms with Crippen molar-refractivity contribution in [2.75, 3.05) is 11.3 Å². The second-order valence-corrected chi connectivity index (χ2v) is 5.03. The first kappa shape index (κ1) is 13.7. The minimum Gasteiger partial charge on any atom is -0.449 e. The molecule has 0 bridgehead atoms. The average Bonchev–Trinajstić information content (AvgIpc) is 2.20. The molecule has 1 heterocycles. The standard InChI is InChI=1S/C8H10BrN3O4S/c1-2-16-8(13)12-17(14,15)11-6-3-4-7(9)10-5-6/h3-5,11H,2H2,1H3,(H,12,13). The fourth-order valence-corrected chi connectivity index (χ4v) is 1.88. The van der Waals surface area contributed by atoms with Gasteiger partial charge < -0.3 is 4.74 Å². The summed E-state index contributed by atoms with van der Waals surface area (Å²) in [6, 6.07) is 3.05. The van der Waals surface area contributed by atoms with E-state index in [1.807, 2.05) is 0 Å². The van der Waals surface area contributed by atoms with Gasteiger partial charge in [-0.1, -0.05) is 0 Å². The number of rotatable bonds is 4. The van der Waals surface area contributed by atoms with Gasteiger partial charge in [0.15, 0.2) is 0 Å². The number of ether oxygens (including phenoxy) is 1. The number of hydrogen-bond acceptors (Lipinski definition) is 5. The predicted molar refractivity (Wildman–Crippen MR) is 64.6 cm³/mol. The van der Waals surface area contributed by atoms with Crippen LogP contribution in [-0.2, 0) is 14.9 Å². The van der Waals surface area contributed by atoms with Crippen molar-refractivity contribution in [3.05, 3.63) is 22.9 Å². The van der Waals surface area contributed by atoms with Crippen LogP contribution in [0.15, 0.2) is 22.9 Å². The van der Waals surface area contributed by atoms with Gasteiger partial charge in [-0.25, -0.2) is 14.5 Å². The highest BCUT2D eigenvalue weighted by Gasteiger charge is 2.14. The van der Waals surface area contributed by atoms with Crippen molar-refractivity contribution in [3.63, 3.8) is 0 Å². The summed E-state index contributed by atoms with van der Waals surface area (Å²) < 4.78 is 31.6. The van der Waals surface area contributed by atoms with E-state index in [9.17, 15) is 13.2 Å². The quantitative estimate of drug-likeness (QED) is 0.812. The van der Waals surface area contributed by atoms with E-state index in [2.05, 4.69) is 30.4 Å². The van der Waals surface area contributed by atoms with Gasteiger partial charge in [-0.3, -0.25) is 4.72 Å². The van der Waals surface area contributed by atoms with E-state index in [1.165, 1.54) is 12.3 Å². The molecule has 0 aliphatic rings. The second-order valence-electron chi connectivity index (χ2n) is 2.80. The van der Waals surface area contributed by atoms with Crippen LogP contribution in [0.5, 0.6) is 0 Å². The highest BCUT2D eigenvalue weighted by molar-refractivity contribution is 9.10. The number of nitrogens with zero attached hydrogens (tertiary/aromatic N) is 1. The summed E-state index contributed by atoms with van der Waals surface area (Å²) >= 11 is 3.11. The van der Waals surface area contributed by atoms with Crippen LogP contribution in [-0.4, -0.2) is 26.1 Å². The fraction of sp³-hybridized carbons (Fsp3) is 0.250. The molecule has 94 valence electrons. The Morgan fingerprint density at radius 3 is 2.76 bits per heavy atom. The third-order valence-electron chi connectivity index (χ3n) is 1.47. The maximum atomic E-state index is 11.4. The summed E-state index contributed by atoms with van der Waals surface area (Å²) in [6.45, 7) is 1.65. The zero-order chi connectivity index (χ0) is 12.9. The van der Waals surface area contributed by atoms with E-state index in [4.69, 9.17) is 0 Å². The van der Waals surface area contributed by atoms with Crippen molar-refractivity contribution in [2.45, 2.75) is 6.92 Å².